The SMILES string of the molecule is O=C1N(CN2CCN(c3cccc(Cl)c3)CC2)c2ccccc2C12OC1CCCCCC1O2. The van der Waals surface area contributed by atoms with Crippen LogP contribution in [-0.2, 0) is 20.1 Å². The maximum absolute atomic E-state index is 13.8. The van der Waals surface area contributed by atoms with E-state index in [0.717, 1.165) is 73.8 Å². The highest BCUT2D eigenvalue weighted by Gasteiger charge is 2.61. The molecule has 7 heteroatoms. The van der Waals surface area contributed by atoms with Crippen LogP contribution in [0.5, 0.6) is 0 Å². The zero-order valence-electron chi connectivity index (χ0n) is 18.8. The molecule has 6 nitrogen and oxygen atoms in total. The molecule has 33 heavy (non-hydrogen) atoms. The highest BCUT2D eigenvalue weighted by molar-refractivity contribution is 6.30. The van der Waals surface area contributed by atoms with E-state index in [0.29, 0.717) is 6.67 Å². The number of hydrogen-bond acceptors (Lipinski definition) is 5. The molecule has 1 aliphatic carbocycles. The van der Waals surface area contributed by atoms with Gasteiger partial charge in [-0.3, -0.25) is 14.6 Å². The number of benzene rings is 2. The summed E-state index contributed by atoms with van der Waals surface area (Å²) in [5.41, 5.74) is 2.92. The van der Waals surface area contributed by atoms with E-state index in [1.807, 2.05) is 47.4 Å². The smallest absolute Gasteiger partial charge is 0.293 e. The molecular formula is C26H30ClN3O3. The van der Waals surface area contributed by atoms with Crippen molar-refractivity contribution in [2.75, 3.05) is 42.6 Å². The molecule has 0 bridgehead atoms. The topological polar surface area (TPSA) is 45.3 Å². The second-order valence-electron chi connectivity index (χ2n) is 9.54. The molecule has 0 radical (unpaired) electrons. The maximum atomic E-state index is 13.8. The van der Waals surface area contributed by atoms with Crippen molar-refractivity contribution in [3.63, 3.8) is 0 Å². The van der Waals surface area contributed by atoms with Gasteiger partial charge in [0, 0.05) is 42.5 Å². The van der Waals surface area contributed by atoms with Crippen molar-refractivity contribution in [1.82, 2.24) is 4.90 Å². The van der Waals surface area contributed by atoms with Crippen molar-refractivity contribution >= 4 is 28.9 Å². The molecule has 2 atom stereocenters. The van der Waals surface area contributed by atoms with Gasteiger partial charge in [-0.25, -0.2) is 0 Å². The number of hydrogen-bond donors (Lipinski definition) is 0. The number of fused-ring (bicyclic) bond motifs is 3. The van der Waals surface area contributed by atoms with E-state index >= 15 is 0 Å². The summed E-state index contributed by atoms with van der Waals surface area (Å²) in [6.07, 6.45) is 5.43. The van der Waals surface area contributed by atoms with Crippen LogP contribution in [0.4, 0.5) is 11.4 Å². The first-order chi connectivity index (χ1) is 16.1. The third-order valence-electron chi connectivity index (χ3n) is 7.49. The molecule has 174 valence electrons. The molecule has 2 unspecified atom stereocenters. The van der Waals surface area contributed by atoms with Gasteiger partial charge in [0.05, 0.1) is 24.6 Å². The molecule has 2 aromatic carbocycles. The molecular weight excluding hydrogens is 438 g/mol. The van der Waals surface area contributed by atoms with Crippen LogP contribution in [0.25, 0.3) is 0 Å². The lowest BCUT2D eigenvalue weighted by atomic mass is 10.1. The van der Waals surface area contributed by atoms with Crippen molar-refractivity contribution < 1.29 is 14.3 Å². The fourth-order valence-electron chi connectivity index (χ4n) is 5.74. The molecule has 1 saturated carbocycles. The standard InChI is InChI=1S/C26H30ClN3O3/c27-19-7-6-8-20(17-19)29-15-13-28(14-16-29)18-30-22-10-5-4-9-21(22)26(25(30)31)32-23-11-2-1-3-12-24(23)33-26/h4-10,17,23-24H,1-3,11-16,18H2. The summed E-state index contributed by atoms with van der Waals surface area (Å²) < 4.78 is 13.0. The molecule has 0 N–H and O–H groups in total. The Hall–Kier alpha value is -2.12. The molecule has 0 aromatic heterocycles. The number of para-hydroxylation sites is 1. The summed E-state index contributed by atoms with van der Waals surface area (Å²) >= 11 is 6.18. The van der Waals surface area contributed by atoms with Gasteiger partial charge in [0.15, 0.2) is 0 Å². The Morgan fingerprint density at radius 3 is 2.36 bits per heavy atom. The second-order valence-corrected chi connectivity index (χ2v) is 9.98. The first kappa shape index (κ1) is 21.4. The average Bonchev–Trinajstić information content (AvgIpc) is 3.20. The molecule has 3 aliphatic heterocycles. The Morgan fingerprint density at radius 2 is 1.64 bits per heavy atom. The lowest BCUT2D eigenvalue weighted by Gasteiger charge is -2.38. The lowest BCUT2D eigenvalue weighted by Crippen LogP contribution is -2.52. The van der Waals surface area contributed by atoms with Crippen LogP contribution in [0.1, 0.15) is 37.7 Å². The van der Waals surface area contributed by atoms with Crippen molar-refractivity contribution in [1.29, 1.82) is 0 Å². The van der Waals surface area contributed by atoms with E-state index in [2.05, 4.69) is 15.9 Å². The lowest BCUT2D eigenvalue weighted by molar-refractivity contribution is -0.191. The fraction of sp³-hybridized carbons (Fsp3) is 0.500. The minimum Gasteiger partial charge on any atom is -0.369 e. The summed E-state index contributed by atoms with van der Waals surface area (Å²) in [7, 11) is 0. The van der Waals surface area contributed by atoms with Crippen LogP contribution in [0.2, 0.25) is 5.02 Å². The number of carbonyl (C=O) groups is 1. The second kappa shape index (κ2) is 8.58. The number of anilines is 2. The van der Waals surface area contributed by atoms with Gasteiger partial charge in [0.2, 0.25) is 0 Å². The van der Waals surface area contributed by atoms with Crippen LogP contribution in [0.15, 0.2) is 48.5 Å². The van der Waals surface area contributed by atoms with Crippen LogP contribution < -0.4 is 9.80 Å². The van der Waals surface area contributed by atoms with E-state index in [9.17, 15) is 4.79 Å². The first-order valence-corrected chi connectivity index (χ1v) is 12.5. The van der Waals surface area contributed by atoms with Gasteiger partial charge in [-0.2, -0.15) is 0 Å². The maximum Gasteiger partial charge on any atom is 0.293 e. The predicted molar refractivity (Wildman–Crippen MR) is 129 cm³/mol. The highest BCUT2D eigenvalue weighted by atomic mass is 35.5. The minimum atomic E-state index is -1.27. The zero-order chi connectivity index (χ0) is 22.4. The minimum absolute atomic E-state index is 0.00528. The summed E-state index contributed by atoms with van der Waals surface area (Å²) in [5.74, 6) is -1.35. The molecule has 3 fully saturated rings. The predicted octanol–water partition coefficient (Wildman–Crippen LogP) is 4.37. The number of nitrogens with zero attached hydrogens (tertiary/aromatic N) is 3. The first-order valence-electron chi connectivity index (χ1n) is 12.1. The highest BCUT2D eigenvalue weighted by Crippen LogP contribution is 2.50. The van der Waals surface area contributed by atoms with Crippen molar-refractivity contribution in [3.05, 3.63) is 59.1 Å². The van der Waals surface area contributed by atoms with Gasteiger partial charge >= 0.3 is 0 Å². The van der Waals surface area contributed by atoms with Crippen molar-refractivity contribution in [2.24, 2.45) is 0 Å². The number of rotatable bonds is 3. The van der Waals surface area contributed by atoms with Crippen LogP contribution in [-0.4, -0.2) is 55.9 Å². The number of ether oxygens (including phenoxy) is 2. The largest absolute Gasteiger partial charge is 0.369 e. The van der Waals surface area contributed by atoms with E-state index in [1.54, 1.807) is 0 Å². The van der Waals surface area contributed by atoms with Crippen molar-refractivity contribution in [2.45, 2.75) is 50.1 Å². The Balaban J connectivity index is 1.19. The van der Waals surface area contributed by atoms with Gasteiger partial charge in [0.25, 0.3) is 11.7 Å². The average molecular weight is 468 g/mol. The number of piperazine rings is 1. The third kappa shape index (κ3) is 3.73. The number of carbonyl (C=O) groups excluding carboxylic acids is 1. The van der Waals surface area contributed by atoms with Gasteiger partial charge < -0.3 is 14.4 Å². The van der Waals surface area contributed by atoms with Crippen molar-refractivity contribution in [3.8, 4) is 0 Å². The Kier molecular flexibility index (Phi) is 5.57. The molecule has 1 spiro atoms. The summed E-state index contributed by atoms with van der Waals surface area (Å²) in [4.78, 5) is 20.4. The van der Waals surface area contributed by atoms with Crippen LogP contribution in [0, 0.1) is 0 Å². The summed E-state index contributed by atoms with van der Waals surface area (Å²) in [6.45, 7) is 4.08. The molecule has 2 aromatic rings. The van der Waals surface area contributed by atoms with Gasteiger partial charge in [0.1, 0.15) is 0 Å². The van der Waals surface area contributed by atoms with Gasteiger partial charge in [-0.15, -0.1) is 0 Å². The molecule has 3 heterocycles. The van der Waals surface area contributed by atoms with E-state index in [4.69, 9.17) is 21.1 Å². The third-order valence-corrected chi connectivity index (χ3v) is 7.72. The molecule has 2 saturated heterocycles. The Morgan fingerprint density at radius 1 is 0.909 bits per heavy atom. The van der Waals surface area contributed by atoms with E-state index in [-0.39, 0.29) is 18.1 Å². The number of amides is 1. The van der Waals surface area contributed by atoms with Crippen LogP contribution in [0.3, 0.4) is 0 Å². The summed E-state index contributed by atoms with van der Waals surface area (Å²) in [6, 6.07) is 16.0. The monoisotopic (exact) mass is 467 g/mol. The van der Waals surface area contributed by atoms with Gasteiger partial charge in [-0.1, -0.05) is 55.1 Å². The molecule has 6 rings (SSSR count). The van der Waals surface area contributed by atoms with E-state index < -0.39 is 5.79 Å². The normalized spacial score (nSPS) is 29.9. The Bertz CT molecular complexity index is 1020. The molecule has 4 aliphatic rings. The zero-order valence-corrected chi connectivity index (χ0v) is 19.5. The quantitative estimate of drug-likeness (QED) is 0.670. The van der Waals surface area contributed by atoms with Crippen LogP contribution >= 0.6 is 11.6 Å². The van der Waals surface area contributed by atoms with Gasteiger partial charge in [-0.05, 0) is 37.1 Å². The number of halogens is 1. The fourth-order valence-corrected chi connectivity index (χ4v) is 5.93. The Labute approximate surface area is 200 Å². The molecule has 1 amide bonds. The van der Waals surface area contributed by atoms with E-state index in [1.165, 1.54) is 6.42 Å². The summed E-state index contributed by atoms with van der Waals surface area (Å²) in [5, 5.41) is 0.757.